The minimum Gasteiger partial charge on any atom is -0.454 e. The number of hydrogen-bond acceptors (Lipinski definition) is 8. The molecule has 2 aromatic heterocycles. The summed E-state index contributed by atoms with van der Waals surface area (Å²) in [5, 5.41) is 3.31. The lowest BCUT2D eigenvalue weighted by Crippen LogP contribution is -2.30. The van der Waals surface area contributed by atoms with Gasteiger partial charge in [-0.2, -0.15) is 9.97 Å². The predicted octanol–water partition coefficient (Wildman–Crippen LogP) is 2.75. The molecule has 2 aliphatic rings. The minimum atomic E-state index is 0.276. The first-order valence-corrected chi connectivity index (χ1v) is 9.23. The molecule has 3 aromatic rings. The summed E-state index contributed by atoms with van der Waals surface area (Å²) >= 11 is 0. The normalized spacial score (nSPS) is 15.9. The summed E-state index contributed by atoms with van der Waals surface area (Å²) in [6.45, 7) is 2.84. The number of benzene rings is 1. The van der Waals surface area contributed by atoms with E-state index in [4.69, 9.17) is 14.5 Å². The second-order valence-electron chi connectivity index (χ2n) is 6.69. The summed E-state index contributed by atoms with van der Waals surface area (Å²) in [7, 11) is 0. The first-order valence-electron chi connectivity index (χ1n) is 9.23. The van der Waals surface area contributed by atoms with Crippen molar-refractivity contribution < 1.29 is 9.47 Å². The van der Waals surface area contributed by atoms with E-state index in [9.17, 15) is 0 Å². The van der Waals surface area contributed by atoms with Gasteiger partial charge in [0.2, 0.25) is 12.7 Å². The van der Waals surface area contributed by atoms with E-state index in [0.29, 0.717) is 18.1 Å². The average Bonchev–Trinajstić information content (AvgIpc) is 3.20. The third-order valence-electron chi connectivity index (χ3n) is 4.86. The molecule has 0 radical (unpaired) electrons. The SMILES string of the molecule is c1cnc2c(N3CCCCC3)nc(NCc3ccc4c(c3)OCO4)nc2n1. The van der Waals surface area contributed by atoms with Crippen LogP contribution in [0.2, 0.25) is 0 Å². The van der Waals surface area contributed by atoms with Gasteiger partial charge >= 0.3 is 0 Å². The van der Waals surface area contributed by atoms with E-state index in [-0.39, 0.29) is 6.79 Å². The molecule has 5 rings (SSSR count). The smallest absolute Gasteiger partial charge is 0.231 e. The van der Waals surface area contributed by atoms with Crippen molar-refractivity contribution in [2.75, 3.05) is 30.1 Å². The summed E-state index contributed by atoms with van der Waals surface area (Å²) in [6.07, 6.45) is 6.97. The number of hydrogen-bond donors (Lipinski definition) is 1. The number of anilines is 2. The molecular weight excluding hydrogens is 344 g/mol. The summed E-state index contributed by atoms with van der Waals surface area (Å²) in [6, 6.07) is 5.90. The number of piperidine rings is 1. The molecule has 138 valence electrons. The van der Waals surface area contributed by atoms with E-state index >= 15 is 0 Å². The molecule has 1 N–H and O–H groups in total. The van der Waals surface area contributed by atoms with E-state index in [1.807, 2.05) is 18.2 Å². The van der Waals surface area contributed by atoms with Crippen LogP contribution in [0.4, 0.5) is 11.8 Å². The van der Waals surface area contributed by atoms with E-state index in [2.05, 4.69) is 25.2 Å². The quantitative estimate of drug-likeness (QED) is 0.756. The zero-order valence-corrected chi connectivity index (χ0v) is 14.9. The first kappa shape index (κ1) is 16.0. The fourth-order valence-electron chi connectivity index (χ4n) is 3.49. The van der Waals surface area contributed by atoms with Gasteiger partial charge in [0.1, 0.15) is 0 Å². The van der Waals surface area contributed by atoms with Crippen molar-refractivity contribution in [2.45, 2.75) is 25.8 Å². The Balaban J connectivity index is 1.42. The van der Waals surface area contributed by atoms with E-state index < -0.39 is 0 Å². The van der Waals surface area contributed by atoms with E-state index in [1.54, 1.807) is 12.4 Å². The van der Waals surface area contributed by atoms with Gasteiger partial charge in [-0.15, -0.1) is 0 Å². The number of fused-ring (bicyclic) bond motifs is 2. The molecule has 8 heteroatoms. The van der Waals surface area contributed by atoms with Crippen LogP contribution in [0.25, 0.3) is 11.2 Å². The average molecular weight is 364 g/mol. The molecule has 1 aromatic carbocycles. The van der Waals surface area contributed by atoms with Gasteiger partial charge in [-0.3, -0.25) is 0 Å². The van der Waals surface area contributed by atoms with Gasteiger partial charge in [-0.05, 0) is 37.0 Å². The molecule has 0 spiro atoms. The van der Waals surface area contributed by atoms with Crippen LogP contribution in [0.3, 0.4) is 0 Å². The second-order valence-corrected chi connectivity index (χ2v) is 6.69. The van der Waals surface area contributed by atoms with Crippen molar-refractivity contribution in [3.05, 3.63) is 36.2 Å². The van der Waals surface area contributed by atoms with Crippen molar-refractivity contribution in [3.8, 4) is 11.5 Å². The molecule has 1 saturated heterocycles. The summed E-state index contributed by atoms with van der Waals surface area (Å²) in [4.78, 5) is 20.4. The van der Waals surface area contributed by atoms with Crippen LogP contribution in [-0.2, 0) is 6.54 Å². The van der Waals surface area contributed by atoms with Crippen molar-refractivity contribution >= 4 is 22.9 Å². The number of ether oxygens (including phenoxy) is 2. The van der Waals surface area contributed by atoms with Crippen LogP contribution in [0.5, 0.6) is 11.5 Å². The minimum absolute atomic E-state index is 0.276. The highest BCUT2D eigenvalue weighted by Crippen LogP contribution is 2.32. The Morgan fingerprint density at radius 2 is 1.81 bits per heavy atom. The van der Waals surface area contributed by atoms with E-state index in [0.717, 1.165) is 41.5 Å². The summed E-state index contributed by atoms with van der Waals surface area (Å²) in [5.74, 6) is 2.97. The van der Waals surface area contributed by atoms with Crippen LogP contribution in [0.1, 0.15) is 24.8 Å². The standard InChI is InChI=1S/C19H20N6O2/c1-2-8-25(9-3-1)18-16-17(21-7-6-20-16)23-19(24-18)22-11-13-4-5-14-15(10-13)27-12-26-14/h4-7,10H,1-3,8-9,11-12H2,(H,21,22,23,24). The lowest BCUT2D eigenvalue weighted by molar-refractivity contribution is 0.174. The molecule has 4 heterocycles. The van der Waals surface area contributed by atoms with Gasteiger partial charge in [-0.25, -0.2) is 9.97 Å². The van der Waals surface area contributed by atoms with Gasteiger partial charge < -0.3 is 19.7 Å². The van der Waals surface area contributed by atoms with Crippen LogP contribution >= 0.6 is 0 Å². The first-order chi connectivity index (χ1) is 13.4. The van der Waals surface area contributed by atoms with Gasteiger partial charge in [0.05, 0.1) is 0 Å². The maximum absolute atomic E-state index is 5.44. The molecule has 27 heavy (non-hydrogen) atoms. The highest BCUT2D eigenvalue weighted by molar-refractivity contribution is 5.83. The maximum atomic E-state index is 5.44. The van der Waals surface area contributed by atoms with Crippen molar-refractivity contribution in [3.63, 3.8) is 0 Å². The molecule has 0 saturated carbocycles. The second kappa shape index (κ2) is 6.86. The fraction of sp³-hybridized carbons (Fsp3) is 0.368. The van der Waals surface area contributed by atoms with Crippen molar-refractivity contribution in [1.29, 1.82) is 0 Å². The third-order valence-corrected chi connectivity index (χ3v) is 4.86. The topological polar surface area (TPSA) is 85.3 Å². The molecule has 0 atom stereocenters. The molecule has 8 nitrogen and oxygen atoms in total. The van der Waals surface area contributed by atoms with E-state index in [1.165, 1.54) is 19.3 Å². The van der Waals surface area contributed by atoms with Crippen molar-refractivity contribution in [2.24, 2.45) is 0 Å². The Hall–Kier alpha value is -3.16. The molecule has 0 unspecified atom stereocenters. The zero-order chi connectivity index (χ0) is 18.1. The molecule has 1 fully saturated rings. The summed E-state index contributed by atoms with van der Waals surface area (Å²) in [5.41, 5.74) is 2.44. The third kappa shape index (κ3) is 3.18. The van der Waals surface area contributed by atoms with Gasteiger partial charge in [0, 0.05) is 32.0 Å². The molecule has 0 bridgehead atoms. The molecular formula is C19H20N6O2. The van der Waals surface area contributed by atoms with Crippen LogP contribution in [0.15, 0.2) is 30.6 Å². The Morgan fingerprint density at radius 1 is 0.963 bits per heavy atom. The lowest BCUT2D eigenvalue weighted by Gasteiger charge is -2.28. The van der Waals surface area contributed by atoms with Gasteiger partial charge in [0.15, 0.2) is 28.5 Å². The van der Waals surface area contributed by atoms with Gasteiger partial charge in [-0.1, -0.05) is 6.07 Å². The summed E-state index contributed by atoms with van der Waals surface area (Å²) < 4.78 is 10.8. The Labute approximate surface area is 156 Å². The van der Waals surface area contributed by atoms with Crippen LogP contribution in [-0.4, -0.2) is 39.8 Å². The highest BCUT2D eigenvalue weighted by Gasteiger charge is 2.19. The van der Waals surface area contributed by atoms with Crippen molar-refractivity contribution in [1.82, 2.24) is 19.9 Å². The number of nitrogens with one attached hydrogen (secondary N) is 1. The maximum Gasteiger partial charge on any atom is 0.231 e. The lowest BCUT2D eigenvalue weighted by atomic mass is 10.1. The molecule has 0 amide bonds. The largest absolute Gasteiger partial charge is 0.454 e. The Kier molecular flexibility index (Phi) is 4.08. The number of rotatable bonds is 4. The van der Waals surface area contributed by atoms with Gasteiger partial charge in [0.25, 0.3) is 0 Å². The fourth-order valence-corrected chi connectivity index (χ4v) is 3.49. The van der Waals surface area contributed by atoms with Crippen LogP contribution < -0.4 is 19.7 Å². The Morgan fingerprint density at radius 3 is 2.74 bits per heavy atom. The van der Waals surface area contributed by atoms with Crippen LogP contribution in [0, 0.1) is 0 Å². The predicted molar refractivity (Wildman–Crippen MR) is 101 cm³/mol. The monoisotopic (exact) mass is 364 g/mol. The zero-order valence-electron chi connectivity index (χ0n) is 14.9. The highest BCUT2D eigenvalue weighted by atomic mass is 16.7. The Bertz CT molecular complexity index is 974. The molecule has 2 aliphatic heterocycles. The number of nitrogens with zero attached hydrogens (tertiary/aromatic N) is 5. The molecule has 0 aliphatic carbocycles. The number of aromatic nitrogens is 4.